The number of likely N-dealkylation sites (N-methyl/N-ethyl adjacent to an activating group) is 1. The molecule has 134 valence electrons. The summed E-state index contributed by atoms with van der Waals surface area (Å²) in [5, 5.41) is 23.8. The van der Waals surface area contributed by atoms with Crippen LogP contribution in [0.1, 0.15) is 23.0 Å². The number of hydrogen-bond acceptors (Lipinski definition) is 5. The van der Waals surface area contributed by atoms with Crippen LogP contribution in [0.15, 0.2) is 42.5 Å². The van der Waals surface area contributed by atoms with Gasteiger partial charge in [-0.3, -0.25) is 4.90 Å². The van der Waals surface area contributed by atoms with Crippen LogP contribution in [-0.4, -0.2) is 43.4 Å². The lowest BCUT2D eigenvalue weighted by Crippen LogP contribution is -2.31. The van der Waals surface area contributed by atoms with Gasteiger partial charge in [0.1, 0.15) is 0 Å². The van der Waals surface area contributed by atoms with Crippen LogP contribution < -0.4 is 0 Å². The molecule has 0 spiro atoms. The Morgan fingerprint density at radius 3 is 2.77 bits per heavy atom. The molecule has 0 saturated heterocycles. The van der Waals surface area contributed by atoms with Crippen molar-refractivity contribution in [1.82, 2.24) is 25.1 Å². The lowest BCUT2D eigenvalue weighted by atomic mass is 10.1. The first-order chi connectivity index (χ1) is 12.5. The summed E-state index contributed by atoms with van der Waals surface area (Å²) in [7, 11) is 1.93. The first kappa shape index (κ1) is 17.4. The number of aliphatic hydroxyl groups is 1. The summed E-state index contributed by atoms with van der Waals surface area (Å²) in [6, 6.07) is 13.1. The van der Waals surface area contributed by atoms with Gasteiger partial charge in [-0.05, 0) is 52.9 Å². The van der Waals surface area contributed by atoms with E-state index in [1.807, 2.05) is 48.3 Å². The Morgan fingerprint density at radius 2 is 2.00 bits per heavy atom. The topological polar surface area (TPSA) is 67.1 Å². The average molecular weight is 390 g/mol. The van der Waals surface area contributed by atoms with Gasteiger partial charge in [-0.15, -0.1) is 5.10 Å². The van der Waals surface area contributed by atoms with Gasteiger partial charge in [0.25, 0.3) is 0 Å². The molecule has 4 rings (SSSR count). The number of hydrogen-bond donors (Lipinski definition) is 1. The van der Waals surface area contributed by atoms with Gasteiger partial charge in [-0.25, -0.2) is 0 Å². The molecule has 2 atom stereocenters. The van der Waals surface area contributed by atoms with Crippen LogP contribution in [0, 0.1) is 0 Å². The predicted octanol–water partition coefficient (Wildman–Crippen LogP) is 3.06. The predicted molar refractivity (Wildman–Crippen MR) is 99.5 cm³/mol. The summed E-state index contributed by atoms with van der Waals surface area (Å²) in [6.45, 7) is 0.465. The molecule has 0 bridgehead atoms. The van der Waals surface area contributed by atoms with E-state index in [1.54, 1.807) is 10.7 Å². The Hall–Kier alpha value is -1.99. The molecule has 1 N–H and O–H groups in total. The van der Waals surface area contributed by atoms with Gasteiger partial charge in [0, 0.05) is 16.5 Å². The molecule has 0 saturated carbocycles. The zero-order valence-corrected chi connectivity index (χ0v) is 15.6. The highest BCUT2D eigenvalue weighted by Crippen LogP contribution is 2.41. The standard InChI is InChI=1S/C18H17Cl2N5O/c1-24(10-17-21-22-23-25(17)12-5-3-2-4-6-12)18-14-7-11(19)8-15(20)13(14)9-16(18)26/h2-8,16,18,26H,9-10H2,1H3/t16-,18-/m0/s1. The van der Waals surface area contributed by atoms with Crippen LogP contribution in [0.4, 0.5) is 0 Å². The first-order valence-electron chi connectivity index (χ1n) is 8.23. The highest BCUT2D eigenvalue weighted by molar-refractivity contribution is 6.35. The molecule has 0 unspecified atom stereocenters. The second kappa shape index (κ2) is 6.96. The SMILES string of the molecule is CN(Cc1nnnn1-c1ccccc1)[C@H]1c2cc(Cl)cc(Cl)c2C[C@@H]1O. The quantitative estimate of drug-likeness (QED) is 0.742. The van der Waals surface area contributed by atoms with Crippen molar-refractivity contribution in [3.8, 4) is 5.69 Å². The van der Waals surface area contributed by atoms with E-state index in [4.69, 9.17) is 23.2 Å². The number of aliphatic hydroxyl groups excluding tert-OH is 1. The van der Waals surface area contributed by atoms with Crippen molar-refractivity contribution in [1.29, 1.82) is 0 Å². The van der Waals surface area contributed by atoms with E-state index in [1.165, 1.54) is 0 Å². The Kier molecular flexibility index (Phi) is 4.67. The van der Waals surface area contributed by atoms with Crippen LogP contribution in [0.5, 0.6) is 0 Å². The molecular formula is C18H17Cl2N5O. The van der Waals surface area contributed by atoms with Crippen molar-refractivity contribution >= 4 is 23.2 Å². The molecule has 26 heavy (non-hydrogen) atoms. The zero-order valence-electron chi connectivity index (χ0n) is 14.0. The molecule has 0 amide bonds. The summed E-state index contributed by atoms with van der Waals surface area (Å²) in [4.78, 5) is 2.02. The number of aromatic nitrogens is 4. The van der Waals surface area contributed by atoms with Gasteiger partial charge < -0.3 is 5.11 Å². The number of para-hydroxylation sites is 1. The van der Waals surface area contributed by atoms with Crippen molar-refractivity contribution in [2.24, 2.45) is 0 Å². The fourth-order valence-electron chi connectivity index (χ4n) is 3.56. The van der Waals surface area contributed by atoms with Crippen molar-refractivity contribution < 1.29 is 5.11 Å². The lowest BCUT2D eigenvalue weighted by molar-refractivity contribution is 0.0707. The van der Waals surface area contributed by atoms with Crippen molar-refractivity contribution in [2.75, 3.05) is 7.05 Å². The van der Waals surface area contributed by atoms with Crippen LogP contribution >= 0.6 is 23.2 Å². The molecule has 1 aliphatic rings. The molecule has 1 heterocycles. The number of nitrogens with zero attached hydrogens (tertiary/aromatic N) is 5. The molecule has 0 fully saturated rings. The molecule has 3 aromatic rings. The third-order valence-corrected chi connectivity index (χ3v) is 5.25. The summed E-state index contributed by atoms with van der Waals surface area (Å²) in [5.41, 5.74) is 2.79. The maximum atomic E-state index is 10.6. The van der Waals surface area contributed by atoms with Crippen LogP contribution in [0.2, 0.25) is 10.0 Å². The first-order valence-corrected chi connectivity index (χ1v) is 8.99. The minimum absolute atomic E-state index is 0.220. The molecular weight excluding hydrogens is 373 g/mol. The van der Waals surface area contributed by atoms with Gasteiger partial charge >= 0.3 is 0 Å². The fourth-order valence-corrected chi connectivity index (χ4v) is 4.14. The van der Waals surface area contributed by atoms with Gasteiger partial charge in [0.05, 0.1) is 24.4 Å². The molecule has 6 nitrogen and oxygen atoms in total. The van der Waals surface area contributed by atoms with E-state index in [2.05, 4.69) is 15.5 Å². The van der Waals surface area contributed by atoms with Gasteiger partial charge in [-0.2, -0.15) is 4.68 Å². The summed E-state index contributed by atoms with van der Waals surface area (Å²) in [5.74, 6) is 0.687. The number of rotatable bonds is 4. The Morgan fingerprint density at radius 1 is 1.23 bits per heavy atom. The average Bonchev–Trinajstić information content (AvgIpc) is 3.19. The molecule has 0 radical (unpaired) electrons. The van der Waals surface area contributed by atoms with E-state index in [-0.39, 0.29) is 6.04 Å². The summed E-state index contributed by atoms with van der Waals surface area (Å²) in [6.07, 6.45) is -0.0590. The van der Waals surface area contributed by atoms with E-state index in [0.717, 1.165) is 16.8 Å². The van der Waals surface area contributed by atoms with Gasteiger partial charge in [-0.1, -0.05) is 41.4 Å². The molecule has 0 aliphatic heterocycles. The lowest BCUT2D eigenvalue weighted by Gasteiger charge is -2.27. The highest BCUT2D eigenvalue weighted by Gasteiger charge is 2.36. The molecule has 1 aliphatic carbocycles. The van der Waals surface area contributed by atoms with Crippen molar-refractivity contribution in [3.63, 3.8) is 0 Å². The maximum Gasteiger partial charge on any atom is 0.170 e. The second-order valence-corrected chi connectivity index (χ2v) is 7.27. The minimum atomic E-state index is -0.563. The smallest absolute Gasteiger partial charge is 0.170 e. The van der Waals surface area contributed by atoms with E-state index in [0.29, 0.717) is 28.8 Å². The van der Waals surface area contributed by atoms with Crippen LogP contribution in [0.25, 0.3) is 5.69 Å². The highest BCUT2D eigenvalue weighted by atomic mass is 35.5. The third kappa shape index (κ3) is 3.10. The summed E-state index contributed by atoms with van der Waals surface area (Å²) < 4.78 is 1.70. The summed E-state index contributed by atoms with van der Waals surface area (Å²) >= 11 is 12.5. The van der Waals surface area contributed by atoms with Crippen LogP contribution in [0.3, 0.4) is 0 Å². The van der Waals surface area contributed by atoms with E-state index < -0.39 is 6.10 Å². The fraction of sp³-hybridized carbons (Fsp3) is 0.278. The van der Waals surface area contributed by atoms with E-state index in [9.17, 15) is 5.11 Å². The minimum Gasteiger partial charge on any atom is -0.391 e. The van der Waals surface area contributed by atoms with E-state index >= 15 is 0 Å². The number of benzene rings is 2. The van der Waals surface area contributed by atoms with Crippen LogP contribution in [-0.2, 0) is 13.0 Å². The monoisotopic (exact) mass is 389 g/mol. The number of tetrazole rings is 1. The number of halogens is 2. The molecule has 2 aromatic carbocycles. The largest absolute Gasteiger partial charge is 0.391 e. The maximum absolute atomic E-state index is 10.6. The normalized spacial score (nSPS) is 19.1. The zero-order chi connectivity index (χ0) is 18.3. The second-order valence-electron chi connectivity index (χ2n) is 6.43. The Labute approximate surface area is 161 Å². The van der Waals surface area contributed by atoms with Crippen molar-refractivity contribution in [3.05, 3.63) is 69.5 Å². The van der Waals surface area contributed by atoms with Gasteiger partial charge in [0.15, 0.2) is 5.82 Å². The number of fused-ring (bicyclic) bond motifs is 1. The third-order valence-electron chi connectivity index (χ3n) is 4.69. The van der Waals surface area contributed by atoms with Gasteiger partial charge in [0.2, 0.25) is 0 Å². The molecule has 8 heteroatoms. The Bertz CT molecular complexity index is 931. The van der Waals surface area contributed by atoms with Crippen molar-refractivity contribution in [2.45, 2.75) is 25.1 Å². The Balaban J connectivity index is 1.63. The molecule has 1 aromatic heterocycles.